The Bertz CT molecular complexity index is 422. The third-order valence-corrected chi connectivity index (χ3v) is 4.26. The highest BCUT2D eigenvalue weighted by Gasteiger charge is 2.26. The molecule has 3 heteroatoms. The van der Waals surface area contributed by atoms with Crippen LogP contribution in [0.3, 0.4) is 0 Å². The molecule has 2 aliphatic rings. The standard InChI is InChI=1S/C15H23N3/c1-3-16-6-8-17(9-7-16)18-11-14-5-4-13(2)10-15(14)12-18/h4-5,10H,3,6-9,11-12H2,1-2H3. The summed E-state index contributed by atoms with van der Waals surface area (Å²) in [7, 11) is 0. The van der Waals surface area contributed by atoms with E-state index in [2.05, 4.69) is 47.0 Å². The number of hydrogen-bond acceptors (Lipinski definition) is 3. The highest BCUT2D eigenvalue weighted by atomic mass is 15.6. The van der Waals surface area contributed by atoms with Gasteiger partial charge in [0.15, 0.2) is 0 Å². The van der Waals surface area contributed by atoms with Crippen molar-refractivity contribution in [3.05, 3.63) is 34.9 Å². The van der Waals surface area contributed by atoms with Crippen LogP contribution in [-0.4, -0.2) is 47.6 Å². The molecule has 0 atom stereocenters. The second-order valence-corrected chi connectivity index (χ2v) is 5.48. The zero-order chi connectivity index (χ0) is 12.5. The van der Waals surface area contributed by atoms with Crippen LogP contribution in [0.25, 0.3) is 0 Å². The van der Waals surface area contributed by atoms with E-state index in [9.17, 15) is 0 Å². The molecule has 2 heterocycles. The van der Waals surface area contributed by atoms with Gasteiger partial charge in [-0.05, 0) is 24.6 Å². The normalized spacial score (nSPS) is 22.3. The van der Waals surface area contributed by atoms with Crippen LogP contribution in [0.2, 0.25) is 0 Å². The molecule has 0 bridgehead atoms. The lowest BCUT2D eigenvalue weighted by molar-refractivity contribution is -0.0612. The molecule has 0 N–H and O–H groups in total. The van der Waals surface area contributed by atoms with Gasteiger partial charge in [-0.25, -0.2) is 10.0 Å². The topological polar surface area (TPSA) is 9.72 Å². The molecule has 1 aromatic rings. The Kier molecular flexibility index (Phi) is 3.37. The maximum atomic E-state index is 2.54. The predicted octanol–water partition coefficient (Wildman–Crippen LogP) is 1.86. The first-order chi connectivity index (χ1) is 8.76. The van der Waals surface area contributed by atoms with Crippen molar-refractivity contribution in [2.45, 2.75) is 26.9 Å². The van der Waals surface area contributed by atoms with E-state index in [0.29, 0.717) is 0 Å². The molecule has 3 rings (SSSR count). The van der Waals surface area contributed by atoms with Crippen LogP contribution in [-0.2, 0) is 13.1 Å². The smallest absolute Gasteiger partial charge is 0.0391 e. The lowest BCUT2D eigenvalue weighted by atomic mass is 10.1. The summed E-state index contributed by atoms with van der Waals surface area (Å²) in [4.78, 5) is 2.53. The minimum Gasteiger partial charge on any atom is -0.301 e. The Labute approximate surface area is 110 Å². The summed E-state index contributed by atoms with van der Waals surface area (Å²) in [5, 5.41) is 5.07. The van der Waals surface area contributed by atoms with E-state index in [4.69, 9.17) is 0 Å². The third kappa shape index (κ3) is 2.30. The maximum Gasteiger partial charge on any atom is 0.0391 e. The molecular formula is C15H23N3. The number of aryl methyl sites for hydroxylation is 1. The van der Waals surface area contributed by atoms with Gasteiger partial charge in [0, 0.05) is 39.3 Å². The van der Waals surface area contributed by atoms with Crippen molar-refractivity contribution in [1.29, 1.82) is 0 Å². The van der Waals surface area contributed by atoms with Gasteiger partial charge < -0.3 is 4.90 Å². The summed E-state index contributed by atoms with van der Waals surface area (Å²) in [5.41, 5.74) is 4.41. The zero-order valence-corrected chi connectivity index (χ0v) is 11.5. The van der Waals surface area contributed by atoms with E-state index in [1.165, 1.54) is 49.4 Å². The minimum atomic E-state index is 1.10. The molecule has 98 valence electrons. The van der Waals surface area contributed by atoms with Crippen molar-refractivity contribution in [2.24, 2.45) is 0 Å². The van der Waals surface area contributed by atoms with E-state index >= 15 is 0 Å². The second-order valence-electron chi connectivity index (χ2n) is 5.48. The van der Waals surface area contributed by atoms with Crippen molar-refractivity contribution in [3.63, 3.8) is 0 Å². The van der Waals surface area contributed by atoms with Crippen LogP contribution in [0.4, 0.5) is 0 Å². The monoisotopic (exact) mass is 245 g/mol. The zero-order valence-electron chi connectivity index (χ0n) is 11.5. The molecule has 1 aromatic carbocycles. The molecule has 0 radical (unpaired) electrons. The highest BCUT2D eigenvalue weighted by molar-refractivity contribution is 5.33. The van der Waals surface area contributed by atoms with E-state index in [1.807, 2.05) is 0 Å². The summed E-state index contributed by atoms with van der Waals surface area (Å²) in [6, 6.07) is 6.88. The number of nitrogens with zero attached hydrogens (tertiary/aromatic N) is 3. The van der Waals surface area contributed by atoms with Gasteiger partial charge >= 0.3 is 0 Å². The number of fused-ring (bicyclic) bond motifs is 1. The fourth-order valence-corrected chi connectivity index (χ4v) is 3.04. The van der Waals surface area contributed by atoms with Crippen molar-refractivity contribution in [2.75, 3.05) is 32.7 Å². The van der Waals surface area contributed by atoms with Gasteiger partial charge in [0.05, 0.1) is 0 Å². The molecule has 0 spiro atoms. The average molecular weight is 245 g/mol. The Morgan fingerprint density at radius 3 is 2.39 bits per heavy atom. The fourth-order valence-electron chi connectivity index (χ4n) is 3.04. The Hall–Kier alpha value is -0.900. The van der Waals surface area contributed by atoms with Crippen molar-refractivity contribution in [3.8, 4) is 0 Å². The number of piperazine rings is 1. The van der Waals surface area contributed by atoms with Crippen molar-refractivity contribution < 1.29 is 0 Å². The molecule has 0 saturated carbocycles. The summed E-state index contributed by atoms with van der Waals surface area (Å²) in [6.45, 7) is 12.6. The fraction of sp³-hybridized carbons (Fsp3) is 0.600. The third-order valence-electron chi connectivity index (χ3n) is 4.26. The summed E-state index contributed by atoms with van der Waals surface area (Å²) < 4.78 is 0. The van der Waals surface area contributed by atoms with Crippen molar-refractivity contribution in [1.82, 2.24) is 14.9 Å². The number of hydrazine groups is 1. The molecule has 3 nitrogen and oxygen atoms in total. The summed E-state index contributed by atoms with van der Waals surface area (Å²) in [6.07, 6.45) is 0. The Morgan fingerprint density at radius 1 is 0.944 bits per heavy atom. The predicted molar refractivity (Wildman–Crippen MR) is 74.1 cm³/mol. The molecule has 2 aliphatic heterocycles. The number of hydrogen-bond donors (Lipinski definition) is 0. The first kappa shape index (κ1) is 12.2. The van der Waals surface area contributed by atoms with Gasteiger partial charge in [0.1, 0.15) is 0 Å². The quantitative estimate of drug-likeness (QED) is 0.787. The van der Waals surface area contributed by atoms with Crippen molar-refractivity contribution >= 4 is 0 Å². The summed E-state index contributed by atoms with van der Waals surface area (Å²) >= 11 is 0. The van der Waals surface area contributed by atoms with E-state index in [0.717, 1.165) is 13.1 Å². The van der Waals surface area contributed by atoms with Crippen LogP contribution < -0.4 is 0 Å². The van der Waals surface area contributed by atoms with Gasteiger partial charge in [-0.3, -0.25) is 0 Å². The highest BCUT2D eigenvalue weighted by Crippen LogP contribution is 2.25. The van der Waals surface area contributed by atoms with Crippen LogP contribution in [0.15, 0.2) is 18.2 Å². The molecule has 0 unspecified atom stereocenters. The van der Waals surface area contributed by atoms with Gasteiger partial charge in [-0.15, -0.1) is 0 Å². The summed E-state index contributed by atoms with van der Waals surface area (Å²) in [5.74, 6) is 0. The first-order valence-electron chi connectivity index (χ1n) is 7.07. The second kappa shape index (κ2) is 5.00. The van der Waals surface area contributed by atoms with E-state index in [-0.39, 0.29) is 0 Å². The SMILES string of the molecule is CCN1CCN(N2Cc3ccc(C)cc3C2)CC1. The van der Waals surface area contributed by atoms with Gasteiger partial charge in [0.25, 0.3) is 0 Å². The Balaban J connectivity index is 1.64. The van der Waals surface area contributed by atoms with Crippen LogP contribution in [0, 0.1) is 6.92 Å². The largest absolute Gasteiger partial charge is 0.301 e. The lowest BCUT2D eigenvalue weighted by Crippen LogP contribution is -2.51. The first-order valence-corrected chi connectivity index (χ1v) is 7.07. The van der Waals surface area contributed by atoms with Gasteiger partial charge in [-0.1, -0.05) is 30.7 Å². The molecule has 18 heavy (non-hydrogen) atoms. The Morgan fingerprint density at radius 2 is 1.67 bits per heavy atom. The average Bonchev–Trinajstić information content (AvgIpc) is 2.81. The minimum absolute atomic E-state index is 1.10. The van der Waals surface area contributed by atoms with E-state index < -0.39 is 0 Å². The molecule has 1 fully saturated rings. The van der Waals surface area contributed by atoms with Gasteiger partial charge in [0.2, 0.25) is 0 Å². The molecule has 0 amide bonds. The number of likely N-dealkylation sites (N-methyl/N-ethyl adjacent to an activating group) is 1. The maximum absolute atomic E-state index is 2.54. The number of rotatable bonds is 2. The van der Waals surface area contributed by atoms with Crippen LogP contribution >= 0.6 is 0 Å². The van der Waals surface area contributed by atoms with Gasteiger partial charge in [-0.2, -0.15) is 0 Å². The molecule has 0 aliphatic carbocycles. The number of benzene rings is 1. The molecule has 0 aromatic heterocycles. The van der Waals surface area contributed by atoms with E-state index in [1.54, 1.807) is 0 Å². The molecule has 1 saturated heterocycles. The lowest BCUT2D eigenvalue weighted by Gasteiger charge is -2.39. The van der Waals surface area contributed by atoms with Crippen LogP contribution in [0.5, 0.6) is 0 Å². The molecular weight excluding hydrogens is 222 g/mol. The van der Waals surface area contributed by atoms with Crippen LogP contribution in [0.1, 0.15) is 23.6 Å².